The van der Waals surface area contributed by atoms with E-state index in [9.17, 15) is 4.79 Å². The van der Waals surface area contributed by atoms with Crippen LogP contribution in [0.2, 0.25) is 5.02 Å². The van der Waals surface area contributed by atoms with Gasteiger partial charge in [0.1, 0.15) is 0 Å². The van der Waals surface area contributed by atoms with E-state index in [2.05, 4.69) is 19.1 Å². The predicted octanol–water partition coefficient (Wildman–Crippen LogP) is 4.13. The maximum absolute atomic E-state index is 12.5. The molecule has 106 valence electrons. The highest BCUT2D eigenvalue weighted by atomic mass is 35.5. The summed E-state index contributed by atoms with van der Waals surface area (Å²) in [4.78, 5) is 16.6. The molecule has 0 saturated heterocycles. The summed E-state index contributed by atoms with van der Waals surface area (Å²) in [6.45, 7) is 4.06. The van der Waals surface area contributed by atoms with E-state index in [1.54, 1.807) is 41.5 Å². The molecule has 0 fully saturated rings. The summed E-state index contributed by atoms with van der Waals surface area (Å²) >= 11 is 7.63. The van der Waals surface area contributed by atoms with E-state index in [0.717, 1.165) is 4.88 Å². The van der Waals surface area contributed by atoms with Crippen molar-refractivity contribution in [2.24, 2.45) is 0 Å². The van der Waals surface area contributed by atoms with E-state index in [1.165, 1.54) is 4.88 Å². The summed E-state index contributed by atoms with van der Waals surface area (Å²) in [5, 5.41) is 0.510. The molecule has 0 bridgehead atoms. The highest BCUT2D eigenvalue weighted by molar-refractivity contribution is 7.12. The molecule has 5 heteroatoms. The standard InChI is InChI=1S/C15H17ClN2OS/c1-9-4-7-14(20-9)10(2)18(3)15(19)12-8-11(16)5-6-13(12)17/h4-8,10H,17H2,1-3H3. The molecule has 1 amide bonds. The Morgan fingerprint density at radius 3 is 2.65 bits per heavy atom. The minimum Gasteiger partial charge on any atom is -0.398 e. The Morgan fingerprint density at radius 1 is 1.35 bits per heavy atom. The molecule has 3 nitrogen and oxygen atoms in total. The van der Waals surface area contributed by atoms with Crippen LogP contribution < -0.4 is 5.73 Å². The third-order valence-corrected chi connectivity index (χ3v) is 4.73. The van der Waals surface area contributed by atoms with Gasteiger partial charge in [0.2, 0.25) is 0 Å². The first kappa shape index (κ1) is 14.9. The first-order chi connectivity index (χ1) is 9.40. The van der Waals surface area contributed by atoms with Crippen molar-refractivity contribution in [3.8, 4) is 0 Å². The third-order valence-electron chi connectivity index (χ3n) is 3.32. The van der Waals surface area contributed by atoms with Gasteiger partial charge in [-0.05, 0) is 44.2 Å². The lowest BCUT2D eigenvalue weighted by Crippen LogP contribution is -2.29. The van der Waals surface area contributed by atoms with Crippen LogP contribution in [0.5, 0.6) is 0 Å². The number of thiophene rings is 1. The molecule has 1 atom stereocenters. The van der Waals surface area contributed by atoms with E-state index >= 15 is 0 Å². The van der Waals surface area contributed by atoms with Crippen LogP contribution in [-0.4, -0.2) is 17.9 Å². The number of halogens is 1. The monoisotopic (exact) mass is 308 g/mol. The van der Waals surface area contributed by atoms with E-state index in [0.29, 0.717) is 16.3 Å². The molecule has 0 spiro atoms. The molecule has 0 radical (unpaired) electrons. The molecule has 1 aromatic carbocycles. The van der Waals surface area contributed by atoms with E-state index in [4.69, 9.17) is 17.3 Å². The summed E-state index contributed by atoms with van der Waals surface area (Å²) in [7, 11) is 1.78. The number of nitrogens with two attached hydrogens (primary N) is 1. The van der Waals surface area contributed by atoms with Crippen LogP contribution in [0.3, 0.4) is 0 Å². The largest absolute Gasteiger partial charge is 0.398 e. The van der Waals surface area contributed by atoms with Gasteiger partial charge in [-0.15, -0.1) is 11.3 Å². The minimum atomic E-state index is -0.122. The fraction of sp³-hybridized carbons (Fsp3) is 0.267. The van der Waals surface area contributed by atoms with Crippen LogP contribution in [-0.2, 0) is 0 Å². The second kappa shape index (κ2) is 5.85. The van der Waals surface area contributed by atoms with Crippen LogP contribution in [0.25, 0.3) is 0 Å². The number of carbonyl (C=O) groups is 1. The molecule has 0 aliphatic heterocycles. The predicted molar refractivity (Wildman–Crippen MR) is 85.4 cm³/mol. The van der Waals surface area contributed by atoms with Crippen molar-refractivity contribution < 1.29 is 4.79 Å². The fourth-order valence-electron chi connectivity index (χ4n) is 1.95. The quantitative estimate of drug-likeness (QED) is 0.867. The number of rotatable bonds is 3. The highest BCUT2D eigenvalue weighted by Crippen LogP contribution is 2.28. The maximum atomic E-state index is 12.5. The van der Waals surface area contributed by atoms with Gasteiger partial charge in [-0.1, -0.05) is 11.6 Å². The fourth-order valence-corrected chi connectivity index (χ4v) is 3.09. The van der Waals surface area contributed by atoms with Gasteiger partial charge in [-0.2, -0.15) is 0 Å². The average Bonchev–Trinajstić information content (AvgIpc) is 2.85. The molecule has 1 heterocycles. The van der Waals surface area contributed by atoms with Gasteiger partial charge in [0.25, 0.3) is 5.91 Å². The number of anilines is 1. The number of nitrogens with zero attached hydrogens (tertiary/aromatic N) is 1. The van der Waals surface area contributed by atoms with Crippen molar-refractivity contribution in [2.75, 3.05) is 12.8 Å². The lowest BCUT2D eigenvalue weighted by molar-refractivity contribution is 0.0746. The molecular weight excluding hydrogens is 292 g/mol. The summed E-state index contributed by atoms with van der Waals surface area (Å²) < 4.78 is 0. The van der Waals surface area contributed by atoms with Crippen molar-refractivity contribution in [3.05, 3.63) is 50.7 Å². The molecule has 20 heavy (non-hydrogen) atoms. The lowest BCUT2D eigenvalue weighted by Gasteiger charge is -2.24. The molecule has 1 aromatic heterocycles. The van der Waals surface area contributed by atoms with E-state index in [-0.39, 0.29) is 11.9 Å². The minimum absolute atomic E-state index is 0.000387. The molecule has 2 N–H and O–H groups in total. The zero-order chi connectivity index (χ0) is 14.9. The second-order valence-electron chi connectivity index (χ2n) is 4.77. The van der Waals surface area contributed by atoms with Gasteiger partial charge in [-0.3, -0.25) is 4.79 Å². The van der Waals surface area contributed by atoms with Crippen LogP contribution in [0.15, 0.2) is 30.3 Å². The molecule has 0 aliphatic carbocycles. The average molecular weight is 309 g/mol. The van der Waals surface area contributed by atoms with E-state index < -0.39 is 0 Å². The molecular formula is C15H17ClN2OS. The second-order valence-corrected chi connectivity index (χ2v) is 6.53. The number of hydrogen-bond donors (Lipinski definition) is 1. The number of benzene rings is 1. The summed E-state index contributed by atoms with van der Waals surface area (Å²) in [6.07, 6.45) is 0. The first-order valence-corrected chi connectivity index (χ1v) is 7.48. The number of hydrogen-bond acceptors (Lipinski definition) is 3. The Bertz CT molecular complexity index is 639. The maximum Gasteiger partial charge on any atom is 0.256 e. The smallest absolute Gasteiger partial charge is 0.256 e. The molecule has 2 aromatic rings. The number of carbonyl (C=O) groups excluding carboxylic acids is 1. The van der Waals surface area contributed by atoms with Crippen LogP contribution in [0.1, 0.15) is 33.1 Å². The Morgan fingerprint density at radius 2 is 2.05 bits per heavy atom. The number of nitrogen functional groups attached to an aromatic ring is 1. The van der Waals surface area contributed by atoms with Gasteiger partial charge in [0.15, 0.2) is 0 Å². The van der Waals surface area contributed by atoms with Gasteiger partial charge in [0.05, 0.1) is 11.6 Å². The Kier molecular flexibility index (Phi) is 4.35. The van der Waals surface area contributed by atoms with Crippen LogP contribution >= 0.6 is 22.9 Å². The first-order valence-electron chi connectivity index (χ1n) is 6.28. The topological polar surface area (TPSA) is 46.3 Å². The van der Waals surface area contributed by atoms with Gasteiger partial charge >= 0.3 is 0 Å². The normalized spacial score (nSPS) is 12.2. The highest BCUT2D eigenvalue weighted by Gasteiger charge is 2.21. The molecule has 0 aliphatic rings. The van der Waals surface area contributed by atoms with Gasteiger partial charge < -0.3 is 10.6 Å². The Labute approximate surface area is 128 Å². The summed E-state index contributed by atoms with van der Waals surface area (Å²) in [6, 6.07) is 9.06. The van der Waals surface area contributed by atoms with Crippen molar-refractivity contribution in [1.29, 1.82) is 0 Å². The zero-order valence-electron chi connectivity index (χ0n) is 11.7. The molecule has 2 rings (SSSR count). The van der Waals surface area contributed by atoms with Gasteiger partial charge in [0, 0.05) is 27.5 Å². The summed E-state index contributed by atoms with van der Waals surface area (Å²) in [5.74, 6) is -0.122. The zero-order valence-corrected chi connectivity index (χ0v) is 13.3. The Hall–Kier alpha value is -1.52. The number of amides is 1. The SMILES string of the molecule is Cc1ccc(C(C)N(C)C(=O)c2cc(Cl)ccc2N)s1. The molecule has 1 unspecified atom stereocenters. The molecule has 0 saturated carbocycles. The van der Waals surface area contributed by atoms with Crippen LogP contribution in [0.4, 0.5) is 5.69 Å². The van der Waals surface area contributed by atoms with Crippen molar-refractivity contribution in [2.45, 2.75) is 19.9 Å². The van der Waals surface area contributed by atoms with Crippen LogP contribution in [0, 0.1) is 6.92 Å². The Balaban J connectivity index is 2.26. The third kappa shape index (κ3) is 2.97. The van der Waals surface area contributed by atoms with Crippen molar-refractivity contribution in [1.82, 2.24) is 4.90 Å². The lowest BCUT2D eigenvalue weighted by atomic mass is 10.1. The van der Waals surface area contributed by atoms with E-state index in [1.807, 2.05) is 6.92 Å². The summed E-state index contributed by atoms with van der Waals surface area (Å²) in [5.41, 5.74) is 6.76. The number of aryl methyl sites for hydroxylation is 1. The van der Waals surface area contributed by atoms with Crippen molar-refractivity contribution in [3.63, 3.8) is 0 Å². The van der Waals surface area contributed by atoms with Gasteiger partial charge in [-0.25, -0.2) is 0 Å². The van der Waals surface area contributed by atoms with Crippen molar-refractivity contribution >= 4 is 34.5 Å².